The molecule has 1 aromatic heterocycles. The average molecular weight is 506 g/mol. The minimum Gasteiger partial charge on any atom is -0.456 e. The molecule has 3 heteroatoms. The minimum absolute atomic E-state index is 0.296. The zero-order valence-corrected chi connectivity index (χ0v) is 21.1. The summed E-state index contributed by atoms with van der Waals surface area (Å²) in [6.07, 6.45) is 0. The normalized spacial score (nSPS) is 11.2. The second-order valence-electron chi connectivity index (χ2n) is 9.58. The van der Waals surface area contributed by atoms with Crippen molar-refractivity contribution in [2.75, 3.05) is 4.90 Å². The molecule has 7 aromatic rings. The largest absolute Gasteiger partial charge is 0.456 e. The van der Waals surface area contributed by atoms with E-state index in [1.807, 2.05) is 24.3 Å². The van der Waals surface area contributed by atoms with Crippen LogP contribution in [-0.2, 0) is 0 Å². The zero-order valence-electron chi connectivity index (χ0n) is 21.1. The first-order valence-electron chi connectivity index (χ1n) is 13.0. The standard InChI is InChI=1S/C36H24FNO/c37-29-16-22-34-33-21-15-28(23-35(33)39-36(34)24-29)27-13-19-32(20-14-27)38(30-9-5-2-6-10-30)31-17-11-26(12-18-31)25-7-3-1-4-8-25/h1-24H. The van der Waals surface area contributed by atoms with Gasteiger partial charge in [-0.05, 0) is 82.9 Å². The maximum absolute atomic E-state index is 13.7. The van der Waals surface area contributed by atoms with Crippen LogP contribution in [0.4, 0.5) is 21.5 Å². The minimum atomic E-state index is -0.296. The van der Waals surface area contributed by atoms with Crippen molar-refractivity contribution in [3.8, 4) is 22.3 Å². The third-order valence-corrected chi connectivity index (χ3v) is 7.14. The molecule has 0 saturated carbocycles. The quantitative estimate of drug-likeness (QED) is 0.231. The lowest BCUT2D eigenvalue weighted by Gasteiger charge is -2.26. The predicted molar refractivity (Wildman–Crippen MR) is 159 cm³/mol. The second-order valence-corrected chi connectivity index (χ2v) is 9.58. The number of para-hydroxylation sites is 1. The molecule has 0 radical (unpaired) electrons. The van der Waals surface area contributed by atoms with Gasteiger partial charge in [-0.3, -0.25) is 0 Å². The van der Waals surface area contributed by atoms with Crippen LogP contribution in [0.2, 0.25) is 0 Å². The Bertz CT molecular complexity index is 1890. The number of hydrogen-bond acceptors (Lipinski definition) is 2. The van der Waals surface area contributed by atoms with Gasteiger partial charge in [-0.25, -0.2) is 4.39 Å². The number of halogens is 1. The van der Waals surface area contributed by atoms with Crippen LogP contribution < -0.4 is 4.90 Å². The SMILES string of the molecule is Fc1ccc2c(c1)oc1cc(-c3ccc(N(c4ccccc4)c4ccc(-c5ccccc5)cc4)cc3)ccc12. The molecule has 186 valence electrons. The molecule has 0 N–H and O–H groups in total. The van der Waals surface area contributed by atoms with Gasteiger partial charge < -0.3 is 9.32 Å². The zero-order chi connectivity index (χ0) is 26.2. The second kappa shape index (κ2) is 9.62. The third-order valence-electron chi connectivity index (χ3n) is 7.14. The highest BCUT2D eigenvalue weighted by Crippen LogP contribution is 2.37. The van der Waals surface area contributed by atoms with Crippen LogP contribution in [0.3, 0.4) is 0 Å². The van der Waals surface area contributed by atoms with E-state index in [2.05, 4.69) is 108 Å². The number of hydrogen-bond donors (Lipinski definition) is 0. The van der Waals surface area contributed by atoms with Gasteiger partial charge in [0.05, 0.1) is 0 Å². The van der Waals surface area contributed by atoms with E-state index in [0.717, 1.165) is 44.5 Å². The Hall–Kier alpha value is -5.15. The third kappa shape index (κ3) is 4.34. The lowest BCUT2D eigenvalue weighted by atomic mass is 10.0. The van der Waals surface area contributed by atoms with Gasteiger partial charge in [0.1, 0.15) is 17.0 Å². The van der Waals surface area contributed by atoms with Crippen molar-refractivity contribution < 1.29 is 8.81 Å². The molecular weight excluding hydrogens is 481 g/mol. The molecule has 0 aliphatic rings. The number of fused-ring (bicyclic) bond motifs is 3. The van der Waals surface area contributed by atoms with E-state index in [4.69, 9.17) is 4.42 Å². The molecule has 0 spiro atoms. The summed E-state index contributed by atoms with van der Waals surface area (Å²) >= 11 is 0. The Labute approximate surface area is 226 Å². The van der Waals surface area contributed by atoms with Crippen LogP contribution in [0.1, 0.15) is 0 Å². The lowest BCUT2D eigenvalue weighted by molar-refractivity contribution is 0.618. The van der Waals surface area contributed by atoms with E-state index in [0.29, 0.717) is 5.58 Å². The van der Waals surface area contributed by atoms with Crippen molar-refractivity contribution in [1.29, 1.82) is 0 Å². The van der Waals surface area contributed by atoms with E-state index < -0.39 is 0 Å². The molecule has 0 aliphatic heterocycles. The van der Waals surface area contributed by atoms with Crippen LogP contribution in [0, 0.1) is 5.82 Å². The first-order chi connectivity index (χ1) is 19.2. The Kier molecular flexibility index (Phi) is 5.68. The molecule has 39 heavy (non-hydrogen) atoms. The van der Waals surface area contributed by atoms with E-state index in [1.54, 1.807) is 6.07 Å². The summed E-state index contributed by atoms with van der Waals surface area (Å²) in [5, 5.41) is 1.91. The number of benzene rings is 6. The number of furan rings is 1. The first-order valence-corrected chi connectivity index (χ1v) is 13.0. The molecule has 0 atom stereocenters. The van der Waals surface area contributed by atoms with Crippen LogP contribution in [0.5, 0.6) is 0 Å². The molecule has 0 unspecified atom stereocenters. The van der Waals surface area contributed by atoms with Gasteiger partial charge in [0.15, 0.2) is 0 Å². The van der Waals surface area contributed by atoms with Gasteiger partial charge >= 0.3 is 0 Å². The van der Waals surface area contributed by atoms with E-state index in [-0.39, 0.29) is 5.82 Å². The van der Waals surface area contributed by atoms with Gasteiger partial charge in [-0.15, -0.1) is 0 Å². The highest BCUT2D eigenvalue weighted by atomic mass is 19.1. The van der Waals surface area contributed by atoms with Gasteiger partial charge in [0.25, 0.3) is 0 Å². The first kappa shape index (κ1) is 23.0. The smallest absolute Gasteiger partial charge is 0.138 e. The van der Waals surface area contributed by atoms with Crippen LogP contribution >= 0.6 is 0 Å². The summed E-state index contributed by atoms with van der Waals surface area (Å²) in [6.45, 7) is 0. The molecule has 7 rings (SSSR count). The molecule has 0 aliphatic carbocycles. The summed E-state index contributed by atoms with van der Waals surface area (Å²) in [6, 6.07) is 48.9. The fourth-order valence-electron chi connectivity index (χ4n) is 5.19. The van der Waals surface area contributed by atoms with E-state index >= 15 is 0 Å². The van der Waals surface area contributed by atoms with Crippen molar-refractivity contribution in [2.24, 2.45) is 0 Å². The summed E-state index contributed by atoms with van der Waals surface area (Å²) in [5.74, 6) is -0.296. The predicted octanol–water partition coefficient (Wildman–Crippen LogP) is 10.5. The molecule has 1 heterocycles. The summed E-state index contributed by atoms with van der Waals surface area (Å²) in [5.41, 5.74) is 9.08. The Balaban J connectivity index is 1.24. The fourth-order valence-corrected chi connectivity index (χ4v) is 5.19. The summed E-state index contributed by atoms with van der Waals surface area (Å²) in [4.78, 5) is 2.26. The molecule has 0 saturated heterocycles. The van der Waals surface area contributed by atoms with Crippen molar-refractivity contribution in [2.45, 2.75) is 0 Å². The average Bonchev–Trinajstić information content (AvgIpc) is 3.36. The van der Waals surface area contributed by atoms with Crippen molar-refractivity contribution in [3.05, 3.63) is 151 Å². The summed E-state index contributed by atoms with van der Waals surface area (Å²) < 4.78 is 19.7. The Morgan fingerprint density at radius 1 is 0.410 bits per heavy atom. The Morgan fingerprint density at radius 3 is 1.51 bits per heavy atom. The van der Waals surface area contributed by atoms with Gasteiger partial charge in [0.2, 0.25) is 0 Å². The molecule has 0 amide bonds. The number of anilines is 3. The van der Waals surface area contributed by atoms with Crippen LogP contribution in [0.25, 0.3) is 44.2 Å². The highest BCUT2D eigenvalue weighted by Gasteiger charge is 2.14. The van der Waals surface area contributed by atoms with E-state index in [1.165, 1.54) is 23.3 Å². The Morgan fingerprint density at radius 2 is 0.872 bits per heavy atom. The topological polar surface area (TPSA) is 16.4 Å². The van der Waals surface area contributed by atoms with Crippen molar-refractivity contribution in [3.63, 3.8) is 0 Å². The monoisotopic (exact) mass is 505 g/mol. The number of nitrogens with zero attached hydrogens (tertiary/aromatic N) is 1. The van der Waals surface area contributed by atoms with Gasteiger partial charge in [-0.1, -0.05) is 78.9 Å². The van der Waals surface area contributed by atoms with Crippen LogP contribution in [0.15, 0.2) is 150 Å². The summed E-state index contributed by atoms with van der Waals surface area (Å²) in [7, 11) is 0. The fraction of sp³-hybridized carbons (Fsp3) is 0. The lowest BCUT2D eigenvalue weighted by Crippen LogP contribution is -2.09. The molecular formula is C36H24FNO. The van der Waals surface area contributed by atoms with Crippen molar-refractivity contribution >= 4 is 39.0 Å². The highest BCUT2D eigenvalue weighted by molar-refractivity contribution is 6.05. The van der Waals surface area contributed by atoms with Crippen LogP contribution in [-0.4, -0.2) is 0 Å². The molecule has 0 bridgehead atoms. The van der Waals surface area contributed by atoms with E-state index in [9.17, 15) is 4.39 Å². The molecule has 6 aromatic carbocycles. The van der Waals surface area contributed by atoms with Gasteiger partial charge in [-0.2, -0.15) is 0 Å². The van der Waals surface area contributed by atoms with Gasteiger partial charge in [0, 0.05) is 33.9 Å². The maximum atomic E-state index is 13.7. The molecule has 2 nitrogen and oxygen atoms in total. The van der Waals surface area contributed by atoms with Crippen molar-refractivity contribution in [1.82, 2.24) is 0 Å². The maximum Gasteiger partial charge on any atom is 0.138 e. The number of rotatable bonds is 5. The molecule has 0 fully saturated rings.